The first-order chi connectivity index (χ1) is 14.6. The Balaban J connectivity index is 1.48. The van der Waals surface area contributed by atoms with E-state index in [4.69, 9.17) is 32.8 Å². The third kappa shape index (κ3) is 5.30. The van der Waals surface area contributed by atoms with E-state index >= 15 is 0 Å². The SMILES string of the molecule is Nc1ncc(-c2cc(N[C@H]3CC[C@H](N)CC3)ncc2Cl)nc1NCC1CCOCC1. The van der Waals surface area contributed by atoms with Crippen molar-refractivity contribution in [3.05, 3.63) is 23.5 Å². The topological polar surface area (TPSA) is 124 Å². The highest BCUT2D eigenvalue weighted by Gasteiger charge is 2.20. The minimum Gasteiger partial charge on any atom is -0.381 e. The van der Waals surface area contributed by atoms with Crippen molar-refractivity contribution in [2.45, 2.75) is 50.6 Å². The first kappa shape index (κ1) is 21.1. The first-order valence-corrected chi connectivity index (χ1v) is 11.1. The average molecular weight is 432 g/mol. The second-order valence-electron chi connectivity index (χ2n) is 8.23. The Morgan fingerprint density at radius 1 is 1.07 bits per heavy atom. The lowest BCUT2D eigenvalue weighted by Crippen LogP contribution is -2.33. The van der Waals surface area contributed by atoms with Crippen LogP contribution in [0.1, 0.15) is 38.5 Å². The summed E-state index contributed by atoms with van der Waals surface area (Å²) in [5.41, 5.74) is 13.5. The smallest absolute Gasteiger partial charge is 0.169 e. The molecule has 1 aliphatic heterocycles. The number of nitrogens with two attached hydrogens (primary N) is 2. The van der Waals surface area contributed by atoms with Crippen molar-refractivity contribution < 1.29 is 4.74 Å². The van der Waals surface area contributed by atoms with E-state index in [0.717, 1.165) is 69.7 Å². The fourth-order valence-electron chi connectivity index (χ4n) is 4.04. The van der Waals surface area contributed by atoms with Crippen molar-refractivity contribution in [3.8, 4) is 11.3 Å². The van der Waals surface area contributed by atoms with Crippen LogP contribution in [0.15, 0.2) is 18.5 Å². The van der Waals surface area contributed by atoms with Gasteiger partial charge in [0.1, 0.15) is 5.82 Å². The maximum absolute atomic E-state index is 6.44. The zero-order chi connectivity index (χ0) is 20.9. The minimum atomic E-state index is 0.314. The summed E-state index contributed by atoms with van der Waals surface area (Å²) in [4.78, 5) is 13.5. The van der Waals surface area contributed by atoms with Crippen molar-refractivity contribution in [2.75, 3.05) is 36.1 Å². The summed E-state index contributed by atoms with van der Waals surface area (Å²) in [6, 6.07) is 2.62. The van der Waals surface area contributed by atoms with E-state index in [1.54, 1.807) is 12.4 Å². The highest BCUT2D eigenvalue weighted by atomic mass is 35.5. The maximum Gasteiger partial charge on any atom is 0.169 e. The Bertz CT molecular complexity index is 851. The van der Waals surface area contributed by atoms with Gasteiger partial charge in [-0.25, -0.2) is 15.0 Å². The van der Waals surface area contributed by atoms with Crippen LogP contribution in [0, 0.1) is 5.92 Å². The molecule has 0 amide bonds. The first-order valence-electron chi connectivity index (χ1n) is 10.7. The highest BCUT2D eigenvalue weighted by Crippen LogP contribution is 2.30. The van der Waals surface area contributed by atoms with E-state index in [1.807, 2.05) is 6.07 Å². The molecule has 8 nitrogen and oxygen atoms in total. The van der Waals surface area contributed by atoms with Crippen LogP contribution in [0.3, 0.4) is 0 Å². The molecule has 0 unspecified atom stereocenters. The van der Waals surface area contributed by atoms with Crippen molar-refractivity contribution in [2.24, 2.45) is 11.7 Å². The molecule has 0 spiro atoms. The number of nitrogens with zero attached hydrogens (tertiary/aromatic N) is 3. The molecule has 1 aliphatic carbocycles. The predicted octanol–water partition coefficient (Wildman–Crippen LogP) is 3.29. The molecule has 0 aromatic carbocycles. The fourth-order valence-corrected chi connectivity index (χ4v) is 4.24. The highest BCUT2D eigenvalue weighted by molar-refractivity contribution is 6.33. The third-order valence-electron chi connectivity index (χ3n) is 5.95. The van der Waals surface area contributed by atoms with Crippen LogP contribution in [0.4, 0.5) is 17.5 Å². The molecule has 2 aliphatic rings. The number of aromatic nitrogens is 3. The monoisotopic (exact) mass is 431 g/mol. The van der Waals surface area contributed by atoms with Crippen LogP contribution >= 0.6 is 11.6 Å². The van der Waals surface area contributed by atoms with E-state index < -0.39 is 0 Å². The maximum atomic E-state index is 6.44. The zero-order valence-corrected chi connectivity index (χ0v) is 17.9. The molecular weight excluding hydrogens is 402 g/mol. The van der Waals surface area contributed by atoms with Gasteiger partial charge in [-0.1, -0.05) is 11.6 Å². The number of anilines is 3. The summed E-state index contributed by atoms with van der Waals surface area (Å²) >= 11 is 6.44. The molecule has 2 aromatic heterocycles. The molecule has 9 heteroatoms. The number of hydrogen-bond acceptors (Lipinski definition) is 8. The number of ether oxygens (including phenoxy) is 1. The molecule has 1 saturated carbocycles. The lowest BCUT2D eigenvalue weighted by atomic mass is 9.92. The summed E-state index contributed by atoms with van der Waals surface area (Å²) in [6.45, 7) is 2.41. The summed E-state index contributed by atoms with van der Waals surface area (Å²) in [5.74, 6) is 2.30. The molecule has 3 heterocycles. The Morgan fingerprint density at radius 3 is 2.60 bits per heavy atom. The fraction of sp³-hybridized carbons (Fsp3) is 0.571. The second-order valence-corrected chi connectivity index (χ2v) is 8.64. The summed E-state index contributed by atoms with van der Waals surface area (Å²) in [7, 11) is 0. The van der Waals surface area contributed by atoms with Crippen molar-refractivity contribution in [1.82, 2.24) is 15.0 Å². The Kier molecular flexibility index (Phi) is 6.86. The number of pyridine rings is 1. The van der Waals surface area contributed by atoms with E-state index in [0.29, 0.717) is 40.4 Å². The van der Waals surface area contributed by atoms with Gasteiger partial charge < -0.3 is 26.8 Å². The predicted molar refractivity (Wildman–Crippen MR) is 121 cm³/mol. The van der Waals surface area contributed by atoms with Gasteiger partial charge in [-0.3, -0.25) is 0 Å². The molecule has 30 heavy (non-hydrogen) atoms. The van der Waals surface area contributed by atoms with Gasteiger partial charge in [0, 0.05) is 43.6 Å². The van der Waals surface area contributed by atoms with Crippen molar-refractivity contribution in [1.29, 1.82) is 0 Å². The van der Waals surface area contributed by atoms with E-state index in [1.165, 1.54) is 0 Å². The molecule has 6 N–H and O–H groups in total. The van der Waals surface area contributed by atoms with Crippen LogP contribution in [0.5, 0.6) is 0 Å². The van der Waals surface area contributed by atoms with Gasteiger partial charge in [-0.05, 0) is 50.5 Å². The normalized spacial score (nSPS) is 22.6. The molecule has 0 bridgehead atoms. The summed E-state index contributed by atoms with van der Waals surface area (Å²) in [5, 5.41) is 7.39. The molecular formula is C21H30ClN7O. The standard InChI is InChI=1S/C21H30ClN7O/c22-17-11-25-19(28-15-3-1-14(23)2-4-15)9-16(17)18-12-26-20(24)21(29-18)27-10-13-5-7-30-8-6-13/h9,11-15H,1-8,10,23H2,(H2,24,26)(H,25,28)(H,27,29)/t14-,15-. The van der Waals surface area contributed by atoms with Gasteiger partial charge in [-0.2, -0.15) is 0 Å². The second kappa shape index (κ2) is 9.76. The molecule has 162 valence electrons. The van der Waals surface area contributed by atoms with Crippen molar-refractivity contribution in [3.63, 3.8) is 0 Å². The van der Waals surface area contributed by atoms with Crippen LogP contribution in [-0.4, -0.2) is 46.8 Å². The van der Waals surface area contributed by atoms with Gasteiger partial charge in [0.25, 0.3) is 0 Å². The zero-order valence-electron chi connectivity index (χ0n) is 17.1. The molecule has 0 atom stereocenters. The van der Waals surface area contributed by atoms with Gasteiger partial charge >= 0.3 is 0 Å². The minimum absolute atomic E-state index is 0.314. The quantitative estimate of drug-likeness (QED) is 0.549. The van der Waals surface area contributed by atoms with Crippen LogP contribution in [0.2, 0.25) is 5.02 Å². The van der Waals surface area contributed by atoms with Gasteiger partial charge in [0.15, 0.2) is 11.6 Å². The van der Waals surface area contributed by atoms with Gasteiger partial charge in [0.2, 0.25) is 0 Å². The van der Waals surface area contributed by atoms with Crippen LogP contribution in [0.25, 0.3) is 11.3 Å². The van der Waals surface area contributed by atoms with Crippen LogP contribution < -0.4 is 22.1 Å². The van der Waals surface area contributed by atoms with Gasteiger partial charge in [-0.15, -0.1) is 0 Å². The lowest BCUT2D eigenvalue weighted by molar-refractivity contribution is 0.0699. The molecule has 4 rings (SSSR count). The van der Waals surface area contributed by atoms with E-state index in [-0.39, 0.29) is 0 Å². The third-order valence-corrected chi connectivity index (χ3v) is 6.26. The molecule has 1 saturated heterocycles. The molecule has 2 aromatic rings. The summed E-state index contributed by atoms with van der Waals surface area (Å²) in [6.07, 6.45) is 9.54. The van der Waals surface area contributed by atoms with E-state index in [9.17, 15) is 0 Å². The lowest BCUT2D eigenvalue weighted by Gasteiger charge is -2.27. The Labute approximate surface area is 182 Å². The van der Waals surface area contributed by atoms with Crippen LogP contribution in [-0.2, 0) is 4.74 Å². The number of nitrogens with one attached hydrogen (secondary N) is 2. The average Bonchev–Trinajstić information content (AvgIpc) is 2.77. The van der Waals surface area contributed by atoms with E-state index in [2.05, 4.69) is 20.6 Å². The number of halogens is 1. The molecule has 2 fully saturated rings. The Morgan fingerprint density at radius 2 is 1.83 bits per heavy atom. The molecule has 0 radical (unpaired) electrons. The number of rotatable bonds is 6. The summed E-state index contributed by atoms with van der Waals surface area (Å²) < 4.78 is 5.42. The number of nitrogen functional groups attached to an aromatic ring is 1. The van der Waals surface area contributed by atoms with Gasteiger partial charge in [0.05, 0.1) is 16.9 Å². The Hall–Kier alpha value is -2.16. The largest absolute Gasteiger partial charge is 0.381 e. The van der Waals surface area contributed by atoms with Crippen molar-refractivity contribution >= 4 is 29.1 Å². The number of hydrogen-bond donors (Lipinski definition) is 4.